The van der Waals surface area contributed by atoms with Gasteiger partial charge in [-0.3, -0.25) is 4.79 Å². The molecule has 0 aromatic carbocycles. The van der Waals surface area contributed by atoms with Crippen LogP contribution in [0.4, 0.5) is 16.5 Å². The zero-order valence-electron chi connectivity index (χ0n) is 20.1. The average molecular weight is 533 g/mol. The van der Waals surface area contributed by atoms with Crippen molar-refractivity contribution in [1.82, 2.24) is 4.98 Å². The molecule has 4 heterocycles. The minimum absolute atomic E-state index is 0.104. The first kappa shape index (κ1) is 24.3. The van der Waals surface area contributed by atoms with Gasteiger partial charge < -0.3 is 16.8 Å². The van der Waals surface area contributed by atoms with Crippen LogP contribution in [-0.4, -0.2) is 10.9 Å². The summed E-state index contributed by atoms with van der Waals surface area (Å²) in [6.07, 6.45) is 2.77. The standard InChI is InChI=1S/C26H24N6OS3/c1-26(2,3)12-6-7-13-14(10-27)24(35-17(13)9-12)32-23(33)21-20(29)19-18(16-5-4-8-34-16)15(11-28)22(30)31-25(19)36-21/h4-5,8,12H,6-7,9,29H2,1-3H3,(H2,30,31)(H,32,33). The molecular weight excluding hydrogens is 509 g/mol. The highest BCUT2D eigenvalue weighted by Gasteiger charge is 2.33. The molecule has 7 nitrogen and oxygen atoms in total. The molecule has 1 aliphatic rings. The summed E-state index contributed by atoms with van der Waals surface area (Å²) in [7, 11) is 0. The maximum atomic E-state index is 13.4. The van der Waals surface area contributed by atoms with Crippen LogP contribution < -0.4 is 16.8 Å². The second-order valence-corrected chi connectivity index (χ2v) is 13.0. The van der Waals surface area contributed by atoms with Crippen LogP contribution in [0.1, 0.15) is 58.4 Å². The van der Waals surface area contributed by atoms with Crippen molar-refractivity contribution in [3.63, 3.8) is 0 Å². The predicted octanol–water partition coefficient (Wildman–Crippen LogP) is 6.40. The lowest BCUT2D eigenvalue weighted by Gasteiger charge is -2.33. The van der Waals surface area contributed by atoms with E-state index >= 15 is 0 Å². The van der Waals surface area contributed by atoms with E-state index in [2.05, 4.69) is 43.2 Å². The summed E-state index contributed by atoms with van der Waals surface area (Å²) in [5.74, 6) is 0.235. The van der Waals surface area contributed by atoms with E-state index in [0.717, 1.165) is 41.0 Å². The molecule has 10 heteroatoms. The van der Waals surface area contributed by atoms with E-state index in [-0.39, 0.29) is 27.4 Å². The lowest BCUT2D eigenvalue weighted by Crippen LogP contribution is -2.26. The van der Waals surface area contributed by atoms with Crippen molar-refractivity contribution in [3.8, 4) is 22.6 Å². The van der Waals surface area contributed by atoms with Gasteiger partial charge in [0.05, 0.1) is 11.3 Å². The molecule has 1 amide bonds. The topological polar surface area (TPSA) is 142 Å². The van der Waals surface area contributed by atoms with Crippen LogP contribution in [0.5, 0.6) is 0 Å². The molecule has 0 bridgehead atoms. The Kier molecular flexibility index (Phi) is 6.00. The van der Waals surface area contributed by atoms with Crippen molar-refractivity contribution >= 4 is 66.6 Å². The summed E-state index contributed by atoms with van der Waals surface area (Å²) in [4.78, 5) is 20.6. The summed E-state index contributed by atoms with van der Waals surface area (Å²) in [6.45, 7) is 6.74. The normalized spacial score (nSPS) is 15.3. The van der Waals surface area contributed by atoms with Crippen LogP contribution in [-0.2, 0) is 12.8 Å². The number of hydrogen-bond donors (Lipinski definition) is 3. The van der Waals surface area contributed by atoms with E-state index < -0.39 is 5.91 Å². The Morgan fingerprint density at radius 3 is 2.58 bits per heavy atom. The maximum Gasteiger partial charge on any atom is 0.268 e. The number of anilines is 3. The predicted molar refractivity (Wildman–Crippen MR) is 148 cm³/mol. The number of nitrogens with two attached hydrogens (primary N) is 2. The third-order valence-electron chi connectivity index (χ3n) is 6.82. The Morgan fingerprint density at radius 2 is 1.94 bits per heavy atom. The van der Waals surface area contributed by atoms with Crippen molar-refractivity contribution in [2.75, 3.05) is 16.8 Å². The van der Waals surface area contributed by atoms with Crippen molar-refractivity contribution in [3.05, 3.63) is 44.0 Å². The molecule has 0 saturated heterocycles. The number of nitrogen functional groups attached to an aromatic ring is 2. The highest BCUT2D eigenvalue weighted by atomic mass is 32.1. The fourth-order valence-electron chi connectivity index (χ4n) is 4.81. The van der Waals surface area contributed by atoms with Gasteiger partial charge in [-0.1, -0.05) is 26.8 Å². The second kappa shape index (κ2) is 8.90. The SMILES string of the molecule is CC(C)(C)C1CCc2c(sc(NC(=O)c3sc4nc(N)c(C#N)c(-c5cccs5)c4c3N)c2C#N)C1. The van der Waals surface area contributed by atoms with Gasteiger partial charge in [-0.15, -0.1) is 34.0 Å². The first-order valence-electron chi connectivity index (χ1n) is 11.4. The number of rotatable bonds is 3. The average Bonchev–Trinajstić information content (AvgIpc) is 3.54. The number of amides is 1. The van der Waals surface area contributed by atoms with E-state index in [4.69, 9.17) is 11.5 Å². The lowest BCUT2D eigenvalue weighted by atomic mass is 9.72. The number of aromatic nitrogens is 1. The quantitative estimate of drug-likeness (QED) is 0.279. The number of nitrogens with zero attached hydrogens (tertiary/aromatic N) is 3. The zero-order valence-corrected chi connectivity index (χ0v) is 22.5. The van der Waals surface area contributed by atoms with Crippen LogP contribution >= 0.6 is 34.0 Å². The minimum atomic E-state index is -0.396. The lowest BCUT2D eigenvalue weighted by molar-refractivity contribution is 0.103. The molecule has 5 N–H and O–H groups in total. The van der Waals surface area contributed by atoms with Gasteiger partial charge in [0.2, 0.25) is 0 Å². The van der Waals surface area contributed by atoms with Crippen LogP contribution in [0, 0.1) is 34.0 Å². The first-order valence-corrected chi connectivity index (χ1v) is 14.0. The number of hydrogen-bond acceptors (Lipinski definition) is 9. The van der Waals surface area contributed by atoms with Gasteiger partial charge in [0.15, 0.2) is 0 Å². The third-order valence-corrected chi connectivity index (χ3v) is 9.97. The summed E-state index contributed by atoms with van der Waals surface area (Å²) >= 11 is 4.08. The minimum Gasteiger partial charge on any atom is -0.397 e. The molecule has 5 rings (SSSR count). The molecule has 182 valence electrons. The molecule has 0 spiro atoms. The van der Waals surface area contributed by atoms with Gasteiger partial charge in [-0.05, 0) is 47.6 Å². The van der Waals surface area contributed by atoms with Crippen LogP contribution in [0.3, 0.4) is 0 Å². The Labute approximate surface area is 221 Å². The zero-order chi connectivity index (χ0) is 25.8. The molecular formula is C26H24N6OS3. The van der Waals surface area contributed by atoms with E-state index in [1.807, 2.05) is 17.5 Å². The molecule has 36 heavy (non-hydrogen) atoms. The van der Waals surface area contributed by atoms with E-state index in [1.54, 1.807) is 0 Å². The van der Waals surface area contributed by atoms with Gasteiger partial charge in [0.25, 0.3) is 5.91 Å². The number of nitrogens with one attached hydrogen (secondary N) is 1. The number of carbonyl (C=O) groups excluding carboxylic acids is 1. The summed E-state index contributed by atoms with van der Waals surface area (Å²) in [6, 6.07) is 8.22. The fourth-order valence-corrected chi connectivity index (χ4v) is 7.87. The molecule has 0 radical (unpaired) electrons. The fraction of sp³-hybridized carbons (Fsp3) is 0.308. The van der Waals surface area contributed by atoms with Gasteiger partial charge in [0, 0.05) is 20.7 Å². The van der Waals surface area contributed by atoms with E-state index in [0.29, 0.717) is 32.3 Å². The smallest absolute Gasteiger partial charge is 0.268 e. The van der Waals surface area contributed by atoms with Crippen molar-refractivity contribution in [2.45, 2.75) is 40.0 Å². The van der Waals surface area contributed by atoms with Gasteiger partial charge in [-0.25, -0.2) is 4.98 Å². The largest absolute Gasteiger partial charge is 0.397 e. The molecule has 1 aliphatic carbocycles. The van der Waals surface area contributed by atoms with E-state index in [9.17, 15) is 15.3 Å². The van der Waals surface area contributed by atoms with Crippen LogP contribution in [0.25, 0.3) is 20.7 Å². The molecule has 4 aromatic heterocycles. The van der Waals surface area contributed by atoms with Crippen molar-refractivity contribution < 1.29 is 4.79 Å². The number of fused-ring (bicyclic) bond motifs is 2. The van der Waals surface area contributed by atoms with Crippen LogP contribution in [0.2, 0.25) is 0 Å². The van der Waals surface area contributed by atoms with Gasteiger partial charge in [0.1, 0.15) is 38.2 Å². The van der Waals surface area contributed by atoms with Crippen molar-refractivity contribution in [1.29, 1.82) is 10.5 Å². The Balaban J connectivity index is 1.55. The Bertz CT molecular complexity index is 1590. The summed E-state index contributed by atoms with van der Waals surface area (Å²) in [5, 5.41) is 25.6. The number of carbonyl (C=O) groups is 1. The van der Waals surface area contributed by atoms with Crippen molar-refractivity contribution in [2.24, 2.45) is 11.3 Å². The molecule has 0 aliphatic heterocycles. The molecule has 1 atom stereocenters. The molecule has 4 aromatic rings. The molecule has 0 saturated carbocycles. The molecule has 1 unspecified atom stereocenters. The maximum absolute atomic E-state index is 13.4. The van der Waals surface area contributed by atoms with E-state index in [1.165, 1.54) is 27.6 Å². The highest BCUT2D eigenvalue weighted by Crippen LogP contribution is 2.46. The Morgan fingerprint density at radius 1 is 1.19 bits per heavy atom. The summed E-state index contributed by atoms with van der Waals surface area (Å²) in [5.41, 5.74) is 15.5. The summed E-state index contributed by atoms with van der Waals surface area (Å²) < 4.78 is 0. The number of nitriles is 2. The van der Waals surface area contributed by atoms with Gasteiger partial charge >= 0.3 is 0 Å². The van der Waals surface area contributed by atoms with Gasteiger partial charge in [-0.2, -0.15) is 10.5 Å². The monoisotopic (exact) mass is 532 g/mol. The highest BCUT2D eigenvalue weighted by molar-refractivity contribution is 7.22. The second-order valence-electron chi connectivity index (χ2n) is 9.94. The number of pyridine rings is 1. The third kappa shape index (κ3) is 3.92. The number of thiophene rings is 3. The first-order chi connectivity index (χ1) is 17.1. The molecule has 0 fully saturated rings. The van der Waals surface area contributed by atoms with Crippen LogP contribution in [0.15, 0.2) is 17.5 Å². The Hall–Kier alpha value is -3.44.